The van der Waals surface area contributed by atoms with Crippen LogP contribution in [0.5, 0.6) is 0 Å². The van der Waals surface area contributed by atoms with Crippen LogP contribution in [0.4, 0.5) is 5.69 Å². The molecule has 0 saturated carbocycles. The maximum absolute atomic E-state index is 11.7. The number of H-pyrrole nitrogens is 1. The first kappa shape index (κ1) is 15.6. The summed E-state index contributed by atoms with van der Waals surface area (Å²) in [5.74, 6) is 2.05. The first-order valence-corrected chi connectivity index (χ1v) is 7.92. The summed E-state index contributed by atoms with van der Waals surface area (Å²) in [6.45, 7) is 5.95. The Bertz CT molecular complexity index is 592. The minimum Gasteiger partial charge on any atom is -0.326 e. The maximum Gasteiger partial charge on any atom is 0.224 e. The average Bonchev–Trinajstić information content (AvgIpc) is 2.83. The fourth-order valence-electron chi connectivity index (χ4n) is 1.80. The topological polar surface area (TPSA) is 70.7 Å². The van der Waals surface area contributed by atoms with Crippen molar-refractivity contribution in [2.75, 3.05) is 5.32 Å². The molecule has 0 radical (unpaired) electrons. The normalized spacial score (nSPS) is 10.9. The lowest BCUT2D eigenvalue weighted by molar-refractivity contribution is -0.116. The molecule has 21 heavy (non-hydrogen) atoms. The molecule has 1 heterocycles. The molecule has 0 aliphatic heterocycles. The molecule has 0 aliphatic carbocycles. The number of aryl methyl sites for hydroxylation is 1. The second-order valence-corrected chi connectivity index (χ2v) is 6.28. The van der Waals surface area contributed by atoms with Crippen LogP contribution in [0.2, 0.25) is 0 Å². The van der Waals surface area contributed by atoms with Gasteiger partial charge in [-0.3, -0.25) is 9.89 Å². The zero-order valence-corrected chi connectivity index (χ0v) is 13.3. The number of nitrogens with zero attached hydrogens (tertiary/aromatic N) is 2. The van der Waals surface area contributed by atoms with Gasteiger partial charge in [0.2, 0.25) is 11.1 Å². The molecule has 0 fully saturated rings. The van der Waals surface area contributed by atoms with Gasteiger partial charge in [0.25, 0.3) is 0 Å². The van der Waals surface area contributed by atoms with Crippen LogP contribution < -0.4 is 5.32 Å². The molecule has 2 aromatic rings. The summed E-state index contributed by atoms with van der Waals surface area (Å²) in [5.41, 5.74) is 2.01. The summed E-state index contributed by atoms with van der Waals surface area (Å²) in [7, 11) is 0. The van der Waals surface area contributed by atoms with Crippen LogP contribution in [-0.4, -0.2) is 21.1 Å². The molecule has 1 aromatic heterocycles. The number of carbonyl (C=O) groups excluding carboxylic acids is 1. The van der Waals surface area contributed by atoms with E-state index in [1.54, 1.807) is 11.8 Å². The Morgan fingerprint density at radius 3 is 2.62 bits per heavy atom. The number of amides is 1. The highest BCUT2D eigenvalue weighted by Gasteiger charge is 2.06. The van der Waals surface area contributed by atoms with Gasteiger partial charge in [-0.2, -0.15) is 0 Å². The van der Waals surface area contributed by atoms with Gasteiger partial charge in [0.05, 0.1) is 0 Å². The van der Waals surface area contributed by atoms with Crippen molar-refractivity contribution in [3.8, 4) is 0 Å². The van der Waals surface area contributed by atoms with Gasteiger partial charge in [-0.1, -0.05) is 37.7 Å². The molecular formula is C15H20N4OS. The van der Waals surface area contributed by atoms with Crippen molar-refractivity contribution < 1.29 is 4.79 Å². The fourth-order valence-corrected chi connectivity index (χ4v) is 2.60. The largest absolute Gasteiger partial charge is 0.326 e. The summed E-state index contributed by atoms with van der Waals surface area (Å²) in [6.07, 6.45) is 0.543. The van der Waals surface area contributed by atoms with Crippen LogP contribution in [0, 0.1) is 12.8 Å². The number of rotatable bonds is 6. The Hall–Kier alpha value is -1.82. The Labute approximate surface area is 128 Å². The molecule has 0 bridgehead atoms. The smallest absolute Gasteiger partial charge is 0.224 e. The van der Waals surface area contributed by atoms with E-state index < -0.39 is 0 Å². The van der Waals surface area contributed by atoms with Gasteiger partial charge < -0.3 is 5.32 Å². The molecule has 0 atom stereocenters. The molecular weight excluding hydrogens is 284 g/mol. The van der Waals surface area contributed by atoms with Gasteiger partial charge in [0, 0.05) is 17.9 Å². The quantitative estimate of drug-likeness (QED) is 0.803. The summed E-state index contributed by atoms with van der Waals surface area (Å²) in [4.78, 5) is 15.9. The Morgan fingerprint density at radius 2 is 2.05 bits per heavy atom. The Balaban J connectivity index is 1.85. The van der Waals surface area contributed by atoms with Gasteiger partial charge in [-0.05, 0) is 30.5 Å². The van der Waals surface area contributed by atoms with Crippen molar-refractivity contribution in [2.45, 2.75) is 38.1 Å². The van der Waals surface area contributed by atoms with E-state index in [1.165, 1.54) is 5.56 Å². The zero-order chi connectivity index (χ0) is 15.2. The van der Waals surface area contributed by atoms with Gasteiger partial charge in [-0.15, -0.1) is 5.10 Å². The zero-order valence-electron chi connectivity index (χ0n) is 12.5. The average molecular weight is 304 g/mol. The number of anilines is 1. The van der Waals surface area contributed by atoms with Crippen LogP contribution in [-0.2, 0) is 10.5 Å². The standard InChI is InChI=1S/C15H20N4OS/c1-10(2)8-14(20)17-13-6-4-12(5-7-13)9-21-15-16-11(3)18-19-15/h4-7,10H,8-9H2,1-3H3,(H,17,20)(H,16,18,19). The van der Waals surface area contributed by atoms with Crippen molar-refractivity contribution in [2.24, 2.45) is 5.92 Å². The lowest BCUT2D eigenvalue weighted by Gasteiger charge is -2.07. The number of thioether (sulfide) groups is 1. The van der Waals surface area contributed by atoms with Crippen molar-refractivity contribution in [3.63, 3.8) is 0 Å². The van der Waals surface area contributed by atoms with E-state index in [1.807, 2.05) is 45.0 Å². The second kappa shape index (κ2) is 7.26. The summed E-state index contributed by atoms with van der Waals surface area (Å²) >= 11 is 1.58. The second-order valence-electron chi connectivity index (χ2n) is 5.34. The number of nitrogens with one attached hydrogen (secondary N) is 2. The molecule has 1 aromatic carbocycles. The predicted octanol–water partition coefficient (Wildman–Crippen LogP) is 3.39. The van der Waals surface area contributed by atoms with E-state index in [0.717, 1.165) is 22.4 Å². The molecule has 5 nitrogen and oxygen atoms in total. The van der Waals surface area contributed by atoms with Crippen molar-refractivity contribution >= 4 is 23.4 Å². The van der Waals surface area contributed by atoms with Crippen LogP contribution in [0.3, 0.4) is 0 Å². The van der Waals surface area contributed by atoms with E-state index in [9.17, 15) is 4.79 Å². The van der Waals surface area contributed by atoms with E-state index in [0.29, 0.717) is 12.3 Å². The van der Waals surface area contributed by atoms with Gasteiger partial charge in [0.15, 0.2) is 0 Å². The highest BCUT2D eigenvalue weighted by Crippen LogP contribution is 2.20. The van der Waals surface area contributed by atoms with E-state index in [-0.39, 0.29) is 5.91 Å². The van der Waals surface area contributed by atoms with Gasteiger partial charge >= 0.3 is 0 Å². The number of hydrogen-bond acceptors (Lipinski definition) is 4. The monoisotopic (exact) mass is 304 g/mol. The highest BCUT2D eigenvalue weighted by atomic mass is 32.2. The summed E-state index contributed by atoms with van der Waals surface area (Å²) < 4.78 is 0. The number of aromatic amines is 1. The number of carbonyl (C=O) groups is 1. The molecule has 6 heteroatoms. The molecule has 0 aliphatic rings. The SMILES string of the molecule is Cc1nc(SCc2ccc(NC(=O)CC(C)C)cc2)n[nH]1. The first-order valence-electron chi connectivity index (χ1n) is 6.93. The van der Waals surface area contributed by atoms with Gasteiger partial charge in [-0.25, -0.2) is 4.98 Å². The predicted molar refractivity (Wildman–Crippen MR) is 85.2 cm³/mol. The molecule has 1 amide bonds. The highest BCUT2D eigenvalue weighted by molar-refractivity contribution is 7.98. The Kier molecular flexibility index (Phi) is 5.38. The molecule has 0 spiro atoms. The van der Waals surface area contributed by atoms with E-state index in [2.05, 4.69) is 20.5 Å². The fraction of sp³-hybridized carbons (Fsp3) is 0.400. The third-order valence-corrected chi connectivity index (χ3v) is 3.69. The minimum absolute atomic E-state index is 0.0586. The molecule has 0 unspecified atom stereocenters. The number of benzene rings is 1. The summed E-state index contributed by atoms with van der Waals surface area (Å²) in [6, 6.07) is 7.88. The van der Waals surface area contributed by atoms with Crippen LogP contribution in [0.15, 0.2) is 29.4 Å². The van der Waals surface area contributed by atoms with Gasteiger partial charge in [0.1, 0.15) is 5.82 Å². The van der Waals surface area contributed by atoms with Crippen molar-refractivity contribution in [3.05, 3.63) is 35.7 Å². The Morgan fingerprint density at radius 1 is 1.33 bits per heavy atom. The minimum atomic E-state index is 0.0586. The maximum atomic E-state index is 11.7. The number of hydrogen-bond donors (Lipinski definition) is 2. The summed E-state index contributed by atoms with van der Waals surface area (Å²) in [5, 5.41) is 10.6. The molecule has 112 valence electrons. The molecule has 0 saturated heterocycles. The lowest BCUT2D eigenvalue weighted by Crippen LogP contribution is -2.13. The lowest BCUT2D eigenvalue weighted by atomic mass is 10.1. The van der Waals surface area contributed by atoms with Crippen LogP contribution >= 0.6 is 11.8 Å². The van der Waals surface area contributed by atoms with E-state index >= 15 is 0 Å². The third-order valence-electron chi connectivity index (χ3n) is 2.78. The van der Waals surface area contributed by atoms with Crippen LogP contribution in [0.1, 0.15) is 31.7 Å². The van der Waals surface area contributed by atoms with E-state index in [4.69, 9.17) is 0 Å². The number of aromatic nitrogens is 3. The first-order chi connectivity index (χ1) is 10.0. The molecule has 2 rings (SSSR count). The van der Waals surface area contributed by atoms with Crippen molar-refractivity contribution in [1.82, 2.24) is 15.2 Å². The molecule has 2 N–H and O–H groups in total. The van der Waals surface area contributed by atoms with Crippen molar-refractivity contribution in [1.29, 1.82) is 0 Å². The third kappa shape index (κ3) is 5.23. The van der Waals surface area contributed by atoms with Crippen LogP contribution in [0.25, 0.3) is 0 Å².